The van der Waals surface area contributed by atoms with Gasteiger partial charge in [-0.05, 0) is 32.2 Å². The van der Waals surface area contributed by atoms with Crippen LogP contribution in [0, 0.1) is 5.41 Å². The molecule has 1 saturated heterocycles. The minimum Gasteiger partial charge on any atom is -0.334 e. The van der Waals surface area contributed by atoms with Crippen LogP contribution in [0.15, 0.2) is 12.5 Å². The molecule has 2 rings (SSSR count). The summed E-state index contributed by atoms with van der Waals surface area (Å²) in [5, 5.41) is 3.56. The monoisotopic (exact) mass is 235 g/mol. The van der Waals surface area contributed by atoms with Crippen molar-refractivity contribution in [2.45, 2.75) is 52.5 Å². The summed E-state index contributed by atoms with van der Waals surface area (Å²) in [5.41, 5.74) is 1.84. The molecule has 3 nitrogen and oxygen atoms in total. The average Bonchev–Trinajstić information content (AvgIpc) is 2.78. The second kappa shape index (κ2) is 5.67. The third-order valence-corrected chi connectivity index (χ3v) is 4.12. The first-order valence-electron chi connectivity index (χ1n) is 6.99. The number of piperidine rings is 1. The number of aryl methyl sites for hydroxylation is 1. The lowest BCUT2D eigenvalue weighted by atomic mass is 9.78. The molecule has 0 amide bonds. The number of hydrogen-bond donors (Lipinski definition) is 1. The quantitative estimate of drug-likeness (QED) is 0.850. The van der Waals surface area contributed by atoms with Crippen molar-refractivity contribution in [2.75, 3.05) is 13.1 Å². The van der Waals surface area contributed by atoms with Crippen LogP contribution in [-0.4, -0.2) is 22.6 Å². The number of rotatable bonds is 5. The van der Waals surface area contributed by atoms with Gasteiger partial charge in [0.15, 0.2) is 0 Å². The van der Waals surface area contributed by atoms with Crippen molar-refractivity contribution in [3.63, 3.8) is 0 Å². The molecule has 1 N–H and O–H groups in total. The molecule has 1 atom stereocenters. The van der Waals surface area contributed by atoms with E-state index in [1.165, 1.54) is 37.9 Å². The van der Waals surface area contributed by atoms with Crippen LogP contribution in [0.4, 0.5) is 0 Å². The van der Waals surface area contributed by atoms with Gasteiger partial charge in [-0.3, -0.25) is 0 Å². The van der Waals surface area contributed by atoms with Crippen LogP contribution in [0.25, 0.3) is 0 Å². The van der Waals surface area contributed by atoms with E-state index in [0.29, 0.717) is 5.41 Å². The van der Waals surface area contributed by atoms with E-state index in [1.54, 1.807) is 0 Å². The van der Waals surface area contributed by atoms with E-state index < -0.39 is 0 Å². The molecule has 1 aliphatic heterocycles. The maximum Gasteiger partial charge on any atom is 0.0948 e. The van der Waals surface area contributed by atoms with Crippen LogP contribution < -0.4 is 5.32 Å². The van der Waals surface area contributed by atoms with Crippen molar-refractivity contribution in [1.29, 1.82) is 0 Å². The lowest BCUT2D eigenvalue weighted by Gasteiger charge is -2.37. The van der Waals surface area contributed by atoms with Gasteiger partial charge in [0, 0.05) is 30.4 Å². The smallest absolute Gasteiger partial charge is 0.0948 e. The highest BCUT2D eigenvalue weighted by Crippen LogP contribution is 2.32. The SMILES string of the molecule is CCCc1cncn1CC1(CC)CCCNC1. The molecule has 0 radical (unpaired) electrons. The van der Waals surface area contributed by atoms with Gasteiger partial charge in [0.25, 0.3) is 0 Å². The zero-order chi connectivity index (χ0) is 12.1. The van der Waals surface area contributed by atoms with Gasteiger partial charge in [-0.25, -0.2) is 4.98 Å². The fraction of sp³-hybridized carbons (Fsp3) is 0.786. The molecular formula is C14H25N3. The Kier molecular flexibility index (Phi) is 4.21. The maximum absolute atomic E-state index is 4.31. The average molecular weight is 235 g/mol. The highest BCUT2D eigenvalue weighted by atomic mass is 15.1. The Morgan fingerprint density at radius 3 is 3.00 bits per heavy atom. The number of nitrogens with zero attached hydrogens (tertiary/aromatic N) is 2. The minimum atomic E-state index is 0.446. The summed E-state index contributed by atoms with van der Waals surface area (Å²) in [6.07, 6.45) is 10.3. The zero-order valence-corrected chi connectivity index (χ0v) is 11.2. The second-order valence-corrected chi connectivity index (χ2v) is 5.40. The highest BCUT2D eigenvalue weighted by Gasteiger charge is 2.30. The molecule has 0 bridgehead atoms. The first-order chi connectivity index (χ1) is 8.29. The summed E-state index contributed by atoms with van der Waals surface area (Å²) in [7, 11) is 0. The van der Waals surface area contributed by atoms with E-state index in [1.807, 2.05) is 12.5 Å². The van der Waals surface area contributed by atoms with Crippen molar-refractivity contribution in [2.24, 2.45) is 5.41 Å². The summed E-state index contributed by atoms with van der Waals surface area (Å²) in [5.74, 6) is 0. The molecule has 0 aliphatic carbocycles. The summed E-state index contributed by atoms with van der Waals surface area (Å²) >= 11 is 0. The van der Waals surface area contributed by atoms with Gasteiger partial charge in [-0.2, -0.15) is 0 Å². The molecule has 0 aromatic carbocycles. The fourth-order valence-electron chi connectivity index (χ4n) is 2.90. The molecular weight excluding hydrogens is 210 g/mol. The first-order valence-corrected chi connectivity index (χ1v) is 6.99. The molecule has 0 saturated carbocycles. The highest BCUT2D eigenvalue weighted by molar-refractivity contribution is 5.00. The Morgan fingerprint density at radius 1 is 1.47 bits per heavy atom. The van der Waals surface area contributed by atoms with E-state index in [0.717, 1.165) is 19.5 Å². The number of nitrogens with one attached hydrogen (secondary N) is 1. The van der Waals surface area contributed by atoms with Crippen molar-refractivity contribution >= 4 is 0 Å². The van der Waals surface area contributed by atoms with Gasteiger partial charge in [0.2, 0.25) is 0 Å². The lowest BCUT2D eigenvalue weighted by molar-refractivity contribution is 0.166. The van der Waals surface area contributed by atoms with Crippen LogP contribution in [0.2, 0.25) is 0 Å². The number of aromatic nitrogens is 2. The van der Waals surface area contributed by atoms with Crippen LogP contribution in [0.3, 0.4) is 0 Å². The molecule has 1 aliphatic rings. The Hall–Kier alpha value is -0.830. The summed E-state index contributed by atoms with van der Waals surface area (Å²) < 4.78 is 2.38. The van der Waals surface area contributed by atoms with Gasteiger partial charge in [-0.15, -0.1) is 0 Å². The molecule has 0 spiro atoms. The molecule has 1 fully saturated rings. The molecule has 3 heteroatoms. The number of hydrogen-bond acceptors (Lipinski definition) is 2. The third kappa shape index (κ3) is 2.89. The van der Waals surface area contributed by atoms with Crippen molar-refractivity contribution in [3.8, 4) is 0 Å². The van der Waals surface area contributed by atoms with E-state index >= 15 is 0 Å². The summed E-state index contributed by atoms with van der Waals surface area (Å²) in [6, 6.07) is 0. The predicted molar refractivity (Wildman–Crippen MR) is 71.0 cm³/mol. The van der Waals surface area contributed by atoms with E-state index in [4.69, 9.17) is 0 Å². The van der Waals surface area contributed by atoms with Gasteiger partial charge < -0.3 is 9.88 Å². The lowest BCUT2D eigenvalue weighted by Crippen LogP contribution is -2.42. The standard InChI is InChI=1S/C14H25N3/c1-3-6-13-9-16-12-17(13)11-14(4-2)7-5-8-15-10-14/h9,12,15H,3-8,10-11H2,1-2H3. The van der Waals surface area contributed by atoms with Crippen molar-refractivity contribution in [1.82, 2.24) is 14.9 Å². The van der Waals surface area contributed by atoms with Crippen LogP contribution in [-0.2, 0) is 13.0 Å². The van der Waals surface area contributed by atoms with Crippen molar-refractivity contribution in [3.05, 3.63) is 18.2 Å². The molecule has 2 heterocycles. The molecule has 1 aromatic heterocycles. The Balaban J connectivity index is 2.09. The molecule has 96 valence electrons. The first kappa shape index (κ1) is 12.6. The zero-order valence-electron chi connectivity index (χ0n) is 11.2. The Bertz CT molecular complexity index is 337. The maximum atomic E-state index is 4.31. The van der Waals surface area contributed by atoms with Crippen LogP contribution in [0.1, 0.15) is 45.2 Å². The molecule has 17 heavy (non-hydrogen) atoms. The summed E-state index contributed by atoms with van der Waals surface area (Å²) in [6.45, 7) is 8.03. The Labute approximate surface area is 105 Å². The van der Waals surface area contributed by atoms with E-state index in [9.17, 15) is 0 Å². The fourth-order valence-corrected chi connectivity index (χ4v) is 2.90. The topological polar surface area (TPSA) is 29.9 Å². The second-order valence-electron chi connectivity index (χ2n) is 5.40. The van der Waals surface area contributed by atoms with Crippen LogP contribution >= 0.6 is 0 Å². The predicted octanol–water partition coefficient (Wildman–Crippen LogP) is 2.62. The van der Waals surface area contributed by atoms with Gasteiger partial charge >= 0.3 is 0 Å². The summed E-state index contributed by atoms with van der Waals surface area (Å²) in [4.78, 5) is 4.31. The minimum absolute atomic E-state index is 0.446. The molecule has 1 unspecified atom stereocenters. The normalized spacial score (nSPS) is 25.1. The largest absolute Gasteiger partial charge is 0.334 e. The Morgan fingerprint density at radius 2 is 2.35 bits per heavy atom. The van der Waals surface area contributed by atoms with Gasteiger partial charge in [-0.1, -0.05) is 20.3 Å². The van der Waals surface area contributed by atoms with Gasteiger partial charge in [0.1, 0.15) is 0 Å². The van der Waals surface area contributed by atoms with Crippen molar-refractivity contribution < 1.29 is 0 Å². The van der Waals surface area contributed by atoms with Crippen LogP contribution in [0.5, 0.6) is 0 Å². The van der Waals surface area contributed by atoms with Gasteiger partial charge in [0.05, 0.1) is 6.33 Å². The van der Waals surface area contributed by atoms with E-state index in [2.05, 4.69) is 28.7 Å². The molecule has 1 aromatic rings. The number of imidazole rings is 1. The van der Waals surface area contributed by atoms with E-state index in [-0.39, 0.29) is 0 Å². The third-order valence-electron chi connectivity index (χ3n) is 4.12.